The zero-order chi connectivity index (χ0) is 18.0. The molecule has 1 amide bonds. The maximum atomic E-state index is 14.0. The fourth-order valence-electron chi connectivity index (χ4n) is 2.85. The molecule has 1 aromatic heterocycles. The number of nitrogens with zero attached hydrogens (tertiary/aromatic N) is 1. The molecular weight excluding hydrogens is 319 g/mol. The number of pyridine rings is 1. The van der Waals surface area contributed by atoms with Gasteiger partial charge in [-0.15, -0.1) is 0 Å². The highest BCUT2D eigenvalue weighted by Gasteiger charge is 2.12. The summed E-state index contributed by atoms with van der Waals surface area (Å²) < 4.78 is 19.0. The number of hydrogen-bond donors (Lipinski definition) is 1. The van der Waals surface area contributed by atoms with Crippen LogP contribution in [-0.4, -0.2) is 25.0 Å². The van der Waals surface area contributed by atoms with Gasteiger partial charge in [0.25, 0.3) is 0 Å². The molecule has 1 heterocycles. The van der Waals surface area contributed by atoms with Crippen LogP contribution in [0.1, 0.15) is 11.1 Å². The normalized spacial score (nSPS) is 10.7. The molecule has 25 heavy (non-hydrogen) atoms. The zero-order valence-corrected chi connectivity index (χ0v) is 14.4. The minimum Gasteiger partial charge on any atom is -0.494 e. The van der Waals surface area contributed by atoms with Crippen molar-refractivity contribution in [3.05, 3.63) is 59.4 Å². The van der Waals surface area contributed by atoms with Crippen LogP contribution in [-0.2, 0) is 11.2 Å². The molecule has 0 atom stereocenters. The van der Waals surface area contributed by atoms with E-state index in [4.69, 9.17) is 9.72 Å². The lowest BCUT2D eigenvalue weighted by Gasteiger charge is -2.11. The van der Waals surface area contributed by atoms with E-state index in [-0.39, 0.29) is 18.1 Å². The summed E-state index contributed by atoms with van der Waals surface area (Å²) in [5, 5.41) is 3.61. The van der Waals surface area contributed by atoms with Crippen LogP contribution in [0.2, 0.25) is 0 Å². The zero-order valence-electron chi connectivity index (χ0n) is 14.4. The molecule has 0 bridgehead atoms. The van der Waals surface area contributed by atoms with E-state index in [1.54, 1.807) is 19.2 Å². The van der Waals surface area contributed by atoms with Crippen LogP contribution in [0, 0.1) is 12.7 Å². The smallest absolute Gasteiger partial charge is 0.224 e. The Morgan fingerprint density at radius 2 is 2.04 bits per heavy atom. The highest BCUT2D eigenvalue weighted by atomic mass is 19.1. The average Bonchev–Trinajstić information content (AvgIpc) is 2.62. The Morgan fingerprint density at radius 3 is 2.72 bits per heavy atom. The molecule has 128 valence electrons. The number of benzene rings is 2. The summed E-state index contributed by atoms with van der Waals surface area (Å²) in [6.07, 6.45) is 0.251. The van der Waals surface area contributed by atoms with Crippen LogP contribution >= 0.6 is 0 Å². The minimum absolute atomic E-state index is 0.0761. The Morgan fingerprint density at radius 1 is 1.24 bits per heavy atom. The Labute approximate surface area is 145 Å². The number of hydrogen-bond acceptors (Lipinski definition) is 3. The van der Waals surface area contributed by atoms with Crippen molar-refractivity contribution in [3.63, 3.8) is 0 Å². The van der Waals surface area contributed by atoms with E-state index in [1.165, 1.54) is 13.2 Å². The monoisotopic (exact) mass is 338 g/mol. The summed E-state index contributed by atoms with van der Waals surface area (Å²) in [7, 11) is 3.04. The van der Waals surface area contributed by atoms with Gasteiger partial charge in [-0.2, -0.15) is 0 Å². The maximum absolute atomic E-state index is 14.0. The lowest BCUT2D eigenvalue weighted by atomic mass is 10.0. The number of amides is 1. The van der Waals surface area contributed by atoms with E-state index in [1.807, 2.05) is 31.2 Å². The van der Waals surface area contributed by atoms with Crippen LogP contribution in [0.3, 0.4) is 0 Å². The number of carbonyl (C=O) groups excluding carboxylic acids is 1. The van der Waals surface area contributed by atoms with Gasteiger partial charge in [0.1, 0.15) is 0 Å². The molecule has 0 aliphatic rings. The summed E-state index contributed by atoms with van der Waals surface area (Å²) in [6, 6.07) is 12.5. The number of halogens is 1. The number of likely N-dealkylation sites (N-methyl/N-ethyl adjacent to an activating group) is 1. The van der Waals surface area contributed by atoms with Gasteiger partial charge in [-0.1, -0.05) is 18.2 Å². The summed E-state index contributed by atoms with van der Waals surface area (Å²) >= 11 is 0. The molecule has 0 saturated heterocycles. The van der Waals surface area contributed by atoms with Gasteiger partial charge < -0.3 is 10.1 Å². The fourth-order valence-corrected chi connectivity index (χ4v) is 2.85. The van der Waals surface area contributed by atoms with Gasteiger partial charge in [0.2, 0.25) is 5.91 Å². The third-order valence-corrected chi connectivity index (χ3v) is 4.21. The molecule has 3 rings (SSSR count). The number of rotatable bonds is 4. The third-order valence-electron chi connectivity index (χ3n) is 4.21. The van der Waals surface area contributed by atoms with Crippen LogP contribution < -0.4 is 10.1 Å². The number of aromatic nitrogens is 1. The van der Waals surface area contributed by atoms with Gasteiger partial charge in [0.15, 0.2) is 11.6 Å². The summed E-state index contributed by atoms with van der Waals surface area (Å²) in [4.78, 5) is 16.5. The predicted molar refractivity (Wildman–Crippen MR) is 96.2 cm³/mol. The molecule has 0 unspecified atom stereocenters. The van der Waals surface area contributed by atoms with Gasteiger partial charge in [-0.3, -0.25) is 4.79 Å². The second kappa shape index (κ2) is 6.89. The SMILES string of the molecule is CNC(=O)Cc1cccc2c(C)cc(-c3ccc(OC)c(F)c3)nc12. The summed E-state index contributed by atoms with van der Waals surface area (Å²) in [6.45, 7) is 1.98. The quantitative estimate of drug-likeness (QED) is 0.790. The number of nitrogens with one attached hydrogen (secondary N) is 1. The van der Waals surface area contributed by atoms with Gasteiger partial charge >= 0.3 is 0 Å². The first-order valence-corrected chi connectivity index (χ1v) is 7.97. The number of para-hydroxylation sites is 1. The van der Waals surface area contributed by atoms with Crippen molar-refractivity contribution in [2.75, 3.05) is 14.2 Å². The Bertz CT molecular complexity index is 954. The molecule has 0 fully saturated rings. The van der Waals surface area contributed by atoms with Crippen molar-refractivity contribution in [2.45, 2.75) is 13.3 Å². The molecule has 0 saturated carbocycles. The minimum atomic E-state index is -0.432. The van der Waals surface area contributed by atoms with Crippen molar-refractivity contribution in [1.82, 2.24) is 10.3 Å². The molecular formula is C20H19FN2O2. The second-order valence-corrected chi connectivity index (χ2v) is 5.84. The molecule has 2 aromatic carbocycles. The third kappa shape index (κ3) is 3.31. The van der Waals surface area contributed by atoms with Gasteiger partial charge in [-0.25, -0.2) is 9.37 Å². The molecule has 0 radical (unpaired) electrons. The van der Waals surface area contributed by atoms with E-state index in [0.717, 1.165) is 22.0 Å². The molecule has 5 heteroatoms. The lowest BCUT2D eigenvalue weighted by Crippen LogP contribution is -2.20. The van der Waals surface area contributed by atoms with Crippen molar-refractivity contribution in [3.8, 4) is 17.0 Å². The first-order chi connectivity index (χ1) is 12.0. The van der Waals surface area contributed by atoms with Crippen LogP contribution in [0.4, 0.5) is 4.39 Å². The number of aryl methyl sites for hydroxylation is 1. The predicted octanol–water partition coefficient (Wildman–Crippen LogP) is 3.65. The van der Waals surface area contributed by atoms with Gasteiger partial charge in [-0.05, 0) is 42.3 Å². The number of carbonyl (C=O) groups is 1. The van der Waals surface area contributed by atoms with Gasteiger partial charge in [0.05, 0.1) is 24.7 Å². The van der Waals surface area contributed by atoms with E-state index < -0.39 is 5.82 Å². The van der Waals surface area contributed by atoms with E-state index in [0.29, 0.717) is 11.3 Å². The first kappa shape index (κ1) is 16.9. The maximum Gasteiger partial charge on any atom is 0.224 e. The standard InChI is InChI=1S/C20H19FN2O2/c1-12-9-17(13-7-8-18(25-3)16(21)10-13)23-20-14(11-19(24)22-2)5-4-6-15(12)20/h4-10H,11H2,1-3H3,(H,22,24). The molecule has 4 nitrogen and oxygen atoms in total. The second-order valence-electron chi connectivity index (χ2n) is 5.84. The Balaban J connectivity index is 2.15. The Kier molecular flexibility index (Phi) is 4.65. The van der Waals surface area contributed by atoms with Crippen LogP contribution in [0.25, 0.3) is 22.2 Å². The van der Waals surface area contributed by atoms with Crippen molar-refractivity contribution < 1.29 is 13.9 Å². The molecule has 0 aliphatic carbocycles. The van der Waals surface area contributed by atoms with Crippen LogP contribution in [0.5, 0.6) is 5.75 Å². The molecule has 0 spiro atoms. The molecule has 3 aromatic rings. The van der Waals surface area contributed by atoms with E-state index in [9.17, 15) is 9.18 Å². The van der Waals surface area contributed by atoms with E-state index in [2.05, 4.69) is 5.32 Å². The highest BCUT2D eigenvalue weighted by molar-refractivity contribution is 5.91. The topological polar surface area (TPSA) is 51.2 Å². The fraction of sp³-hybridized carbons (Fsp3) is 0.200. The largest absolute Gasteiger partial charge is 0.494 e. The number of methoxy groups -OCH3 is 1. The molecule has 1 N–H and O–H groups in total. The van der Waals surface area contributed by atoms with Crippen LogP contribution in [0.15, 0.2) is 42.5 Å². The molecule has 0 aliphatic heterocycles. The number of fused-ring (bicyclic) bond motifs is 1. The number of ether oxygens (including phenoxy) is 1. The lowest BCUT2D eigenvalue weighted by molar-refractivity contribution is -0.119. The van der Waals surface area contributed by atoms with Gasteiger partial charge in [0, 0.05) is 18.0 Å². The Hall–Kier alpha value is -2.95. The average molecular weight is 338 g/mol. The summed E-state index contributed by atoms with van der Waals surface area (Å²) in [5.41, 5.74) is 3.96. The van der Waals surface area contributed by atoms with E-state index >= 15 is 0 Å². The van der Waals surface area contributed by atoms with Crippen molar-refractivity contribution in [1.29, 1.82) is 0 Å². The summed E-state index contributed by atoms with van der Waals surface area (Å²) in [5.74, 6) is -0.312. The van der Waals surface area contributed by atoms with Crippen molar-refractivity contribution >= 4 is 16.8 Å². The first-order valence-electron chi connectivity index (χ1n) is 7.97. The highest BCUT2D eigenvalue weighted by Crippen LogP contribution is 2.29. The van der Waals surface area contributed by atoms with Crippen molar-refractivity contribution in [2.24, 2.45) is 0 Å².